The van der Waals surface area contributed by atoms with Gasteiger partial charge in [0.25, 0.3) is 0 Å². The summed E-state index contributed by atoms with van der Waals surface area (Å²) in [6, 6.07) is 7.90. The molecule has 1 N–H and O–H groups in total. The minimum absolute atomic E-state index is 0.0770. The maximum Gasteiger partial charge on any atom is 0.238 e. The molecule has 0 aliphatic carbocycles. The number of aryl methyl sites for hydroxylation is 2. The Morgan fingerprint density at radius 2 is 2.00 bits per heavy atom. The summed E-state index contributed by atoms with van der Waals surface area (Å²) in [4.78, 5) is 18.8. The summed E-state index contributed by atoms with van der Waals surface area (Å²) in [5.74, 6) is 1.83. The van der Waals surface area contributed by atoms with Crippen LogP contribution in [0, 0.1) is 19.8 Å². The van der Waals surface area contributed by atoms with Gasteiger partial charge < -0.3 is 9.88 Å². The molecule has 128 valence electrons. The van der Waals surface area contributed by atoms with Crippen LogP contribution >= 0.6 is 0 Å². The van der Waals surface area contributed by atoms with Crippen molar-refractivity contribution in [3.05, 3.63) is 48.0 Å². The van der Waals surface area contributed by atoms with Crippen molar-refractivity contribution >= 4 is 11.6 Å². The second kappa shape index (κ2) is 7.62. The van der Waals surface area contributed by atoms with Crippen LogP contribution in [0.3, 0.4) is 0 Å². The molecular weight excluding hydrogens is 300 g/mol. The van der Waals surface area contributed by atoms with Crippen molar-refractivity contribution in [2.24, 2.45) is 5.92 Å². The van der Waals surface area contributed by atoms with E-state index in [0.29, 0.717) is 12.5 Å². The standard InChI is InChI=1S/C19H26N4O/c1-15-5-3-4-6-18(15)21-19(24)14-22-10-7-17(8-11-22)13-23-12-9-20-16(23)2/h3-6,9,12,17H,7-8,10-11,13-14H2,1-2H3,(H,21,24). The van der Waals surface area contributed by atoms with E-state index in [0.717, 1.165) is 49.6 Å². The number of amides is 1. The van der Waals surface area contributed by atoms with Crippen LogP contribution in [0.5, 0.6) is 0 Å². The Balaban J connectivity index is 1.44. The molecule has 0 atom stereocenters. The van der Waals surface area contributed by atoms with Crippen LogP contribution in [0.25, 0.3) is 0 Å². The quantitative estimate of drug-likeness (QED) is 0.919. The first kappa shape index (κ1) is 16.7. The Labute approximate surface area is 143 Å². The molecule has 1 fully saturated rings. The highest BCUT2D eigenvalue weighted by Gasteiger charge is 2.21. The van der Waals surface area contributed by atoms with Crippen LogP contribution in [0.1, 0.15) is 24.2 Å². The van der Waals surface area contributed by atoms with Gasteiger partial charge in [0.05, 0.1) is 6.54 Å². The fourth-order valence-corrected chi connectivity index (χ4v) is 3.31. The van der Waals surface area contributed by atoms with E-state index >= 15 is 0 Å². The first-order valence-corrected chi connectivity index (χ1v) is 8.67. The number of nitrogens with zero attached hydrogens (tertiary/aromatic N) is 3. The third-order valence-electron chi connectivity index (χ3n) is 4.87. The zero-order valence-corrected chi connectivity index (χ0v) is 14.5. The maximum atomic E-state index is 12.3. The second-order valence-electron chi connectivity index (χ2n) is 6.71. The lowest BCUT2D eigenvalue weighted by Crippen LogP contribution is -2.40. The molecule has 0 unspecified atom stereocenters. The Bertz CT molecular complexity index is 686. The molecule has 0 radical (unpaired) electrons. The smallest absolute Gasteiger partial charge is 0.238 e. The zero-order chi connectivity index (χ0) is 16.9. The van der Waals surface area contributed by atoms with Crippen molar-refractivity contribution in [2.45, 2.75) is 33.2 Å². The lowest BCUT2D eigenvalue weighted by molar-refractivity contribution is -0.117. The van der Waals surface area contributed by atoms with Crippen LogP contribution < -0.4 is 5.32 Å². The first-order chi connectivity index (χ1) is 11.6. The van der Waals surface area contributed by atoms with E-state index in [1.807, 2.05) is 44.3 Å². The molecule has 1 aliphatic heterocycles. The summed E-state index contributed by atoms with van der Waals surface area (Å²) < 4.78 is 2.23. The molecule has 3 rings (SSSR count). The molecule has 1 aromatic heterocycles. The van der Waals surface area contributed by atoms with E-state index < -0.39 is 0 Å². The molecule has 1 amide bonds. The third-order valence-corrected chi connectivity index (χ3v) is 4.87. The highest BCUT2D eigenvalue weighted by Crippen LogP contribution is 2.20. The topological polar surface area (TPSA) is 50.2 Å². The van der Waals surface area contributed by atoms with Gasteiger partial charge >= 0.3 is 0 Å². The van der Waals surface area contributed by atoms with Gasteiger partial charge in [-0.2, -0.15) is 0 Å². The van der Waals surface area contributed by atoms with Gasteiger partial charge in [0.15, 0.2) is 0 Å². The fraction of sp³-hybridized carbons (Fsp3) is 0.474. The molecule has 1 saturated heterocycles. The van der Waals surface area contributed by atoms with Crippen molar-refractivity contribution in [3.8, 4) is 0 Å². The zero-order valence-electron chi connectivity index (χ0n) is 14.5. The van der Waals surface area contributed by atoms with Crippen molar-refractivity contribution in [1.29, 1.82) is 0 Å². The summed E-state index contributed by atoms with van der Waals surface area (Å²) in [6.45, 7) is 7.55. The molecule has 24 heavy (non-hydrogen) atoms. The molecule has 2 heterocycles. The van der Waals surface area contributed by atoms with Crippen LogP contribution in [0.15, 0.2) is 36.7 Å². The summed E-state index contributed by atoms with van der Waals surface area (Å²) in [6.07, 6.45) is 6.18. The number of imidazole rings is 1. The number of para-hydroxylation sites is 1. The monoisotopic (exact) mass is 326 g/mol. The lowest BCUT2D eigenvalue weighted by Gasteiger charge is -2.31. The molecular formula is C19H26N4O. The molecule has 1 aliphatic rings. The number of nitrogens with one attached hydrogen (secondary N) is 1. The van der Waals surface area contributed by atoms with Gasteiger partial charge in [-0.3, -0.25) is 9.69 Å². The Hall–Kier alpha value is -2.14. The summed E-state index contributed by atoms with van der Waals surface area (Å²) in [5.41, 5.74) is 2.01. The number of likely N-dealkylation sites (tertiary alicyclic amines) is 1. The van der Waals surface area contributed by atoms with Crippen molar-refractivity contribution in [1.82, 2.24) is 14.5 Å². The van der Waals surface area contributed by atoms with Gasteiger partial charge in [0.2, 0.25) is 5.91 Å². The molecule has 2 aromatic rings. The van der Waals surface area contributed by atoms with E-state index in [1.54, 1.807) is 0 Å². The van der Waals surface area contributed by atoms with Gasteiger partial charge in [-0.15, -0.1) is 0 Å². The predicted molar refractivity (Wildman–Crippen MR) is 95.9 cm³/mol. The van der Waals surface area contributed by atoms with Crippen molar-refractivity contribution in [2.75, 3.05) is 25.0 Å². The average Bonchev–Trinajstić information content (AvgIpc) is 2.96. The predicted octanol–water partition coefficient (Wildman–Crippen LogP) is 2.85. The normalized spacial score (nSPS) is 16.2. The van der Waals surface area contributed by atoms with Crippen LogP contribution in [-0.2, 0) is 11.3 Å². The number of aromatic nitrogens is 2. The highest BCUT2D eigenvalue weighted by atomic mass is 16.2. The van der Waals surface area contributed by atoms with Gasteiger partial charge in [-0.25, -0.2) is 4.98 Å². The summed E-state index contributed by atoms with van der Waals surface area (Å²) in [5, 5.41) is 3.02. The van der Waals surface area contributed by atoms with E-state index in [2.05, 4.69) is 26.0 Å². The van der Waals surface area contributed by atoms with E-state index in [4.69, 9.17) is 0 Å². The summed E-state index contributed by atoms with van der Waals surface area (Å²) >= 11 is 0. The number of carbonyl (C=O) groups excluding carboxylic acids is 1. The van der Waals surface area contributed by atoms with E-state index in [1.165, 1.54) is 0 Å². The summed E-state index contributed by atoms with van der Waals surface area (Å²) in [7, 11) is 0. The molecule has 0 saturated carbocycles. The number of benzene rings is 1. The number of piperidine rings is 1. The minimum Gasteiger partial charge on any atom is -0.335 e. The Morgan fingerprint density at radius 1 is 1.25 bits per heavy atom. The number of hydrogen-bond acceptors (Lipinski definition) is 3. The van der Waals surface area contributed by atoms with Gasteiger partial charge in [0.1, 0.15) is 5.82 Å². The number of anilines is 1. The molecule has 0 spiro atoms. The van der Waals surface area contributed by atoms with Crippen molar-refractivity contribution in [3.63, 3.8) is 0 Å². The molecule has 5 nitrogen and oxygen atoms in total. The van der Waals surface area contributed by atoms with E-state index in [-0.39, 0.29) is 5.91 Å². The molecule has 5 heteroatoms. The van der Waals surface area contributed by atoms with E-state index in [9.17, 15) is 4.79 Å². The maximum absolute atomic E-state index is 12.3. The van der Waals surface area contributed by atoms with Gasteiger partial charge in [-0.1, -0.05) is 18.2 Å². The third kappa shape index (κ3) is 4.23. The molecule has 1 aromatic carbocycles. The average molecular weight is 326 g/mol. The second-order valence-corrected chi connectivity index (χ2v) is 6.71. The Kier molecular flexibility index (Phi) is 5.30. The Morgan fingerprint density at radius 3 is 2.67 bits per heavy atom. The minimum atomic E-state index is 0.0770. The SMILES string of the molecule is Cc1ccccc1NC(=O)CN1CCC(Cn2ccnc2C)CC1. The fourth-order valence-electron chi connectivity index (χ4n) is 3.31. The van der Waals surface area contributed by atoms with Crippen molar-refractivity contribution < 1.29 is 4.79 Å². The molecule has 0 bridgehead atoms. The van der Waals surface area contributed by atoms with Crippen LogP contribution in [0.4, 0.5) is 5.69 Å². The number of hydrogen-bond donors (Lipinski definition) is 1. The number of rotatable bonds is 5. The first-order valence-electron chi connectivity index (χ1n) is 8.67. The number of carbonyl (C=O) groups is 1. The van der Waals surface area contributed by atoms with Gasteiger partial charge in [-0.05, 0) is 57.3 Å². The largest absolute Gasteiger partial charge is 0.335 e. The lowest BCUT2D eigenvalue weighted by atomic mass is 9.96. The highest BCUT2D eigenvalue weighted by molar-refractivity contribution is 5.92. The van der Waals surface area contributed by atoms with Crippen LogP contribution in [-0.4, -0.2) is 40.0 Å². The van der Waals surface area contributed by atoms with Crippen LogP contribution in [0.2, 0.25) is 0 Å². The van der Waals surface area contributed by atoms with Gasteiger partial charge in [0, 0.05) is 24.6 Å².